The van der Waals surface area contributed by atoms with E-state index in [1.807, 2.05) is 66.7 Å². The number of carboxylic acid groups (broad SMARTS) is 1. The molecule has 2 aromatic carbocycles. The van der Waals surface area contributed by atoms with Crippen LogP contribution in [-0.4, -0.2) is 52.7 Å². The van der Waals surface area contributed by atoms with Crippen molar-refractivity contribution in [2.24, 2.45) is 0 Å². The minimum Gasteiger partial charge on any atom is -0.480 e. The smallest absolute Gasteiger partial charge is 0.323 e. The van der Waals surface area contributed by atoms with E-state index >= 15 is 0 Å². The first-order chi connectivity index (χ1) is 15.1. The second-order valence-electron chi connectivity index (χ2n) is 7.50. The van der Waals surface area contributed by atoms with Gasteiger partial charge in [0.15, 0.2) is 0 Å². The van der Waals surface area contributed by atoms with Gasteiger partial charge in [0.2, 0.25) is 0 Å². The summed E-state index contributed by atoms with van der Waals surface area (Å²) in [5.41, 5.74) is 3.75. The maximum Gasteiger partial charge on any atom is 0.323 e. The molecular weight excluding hydrogens is 392 g/mol. The molecule has 1 amide bonds. The number of ether oxygens (including phenoxy) is 1. The molecule has 158 valence electrons. The van der Waals surface area contributed by atoms with Crippen LogP contribution in [0.1, 0.15) is 23.3 Å². The molecule has 1 aliphatic rings. The number of aliphatic carboxylic acids is 1. The number of carbonyl (C=O) groups excluding carboxylic acids is 1. The second-order valence-corrected chi connectivity index (χ2v) is 7.50. The number of hydrogen-bond acceptors (Lipinski definition) is 4. The number of amides is 1. The Morgan fingerprint density at radius 1 is 0.903 bits per heavy atom. The fourth-order valence-electron chi connectivity index (χ4n) is 3.90. The molecule has 1 saturated heterocycles. The Balaban J connectivity index is 1.75. The maximum absolute atomic E-state index is 13.4. The first-order valence-corrected chi connectivity index (χ1v) is 10.4. The fourth-order valence-corrected chi connectivity index (χ4v) is 3.90. The zero-order chi connectivity index (χ0) is 21.6. The summed E-state index contributed by atoms with van der Waals surface area (Å²) in [5, 5.41) is 9.39. The number of carboxylic acids is 1. The van der Waals surface area contributed by atoms with Gasteiger partial charge in [-0.05, 0) is 30.5 Å². The molecular formula is C25H24N2O4. The van der Waals surface area contributed by atoms with Crippen molar-refractivity contribution in [1.82, 2.24) is 9.88 Å². The Labute approximate surface area is 181 Å². The molecule has 0 atom stereocenters. The molecule has 1 N–H and O–H groups in total. The quantitative estimate of drug-likeness (QED) is 0.654. The Bertz CT molecular complexity index is 1050. The van der Waals surface area contributed by atoms with Gasteiger partial charge >= 0.3 is 5.97 Å². The lowest BCUT2D eigenvalue weighted by Crippen LogP contribution is -2.46. The molecule has 1 aromatic heterocycles. The van der Waals surface area contributed by atoms with Crippen LogP contribution in [0.3, 0.4) is 0 Å². The topological polar surface area (TPSA) is 79.7 Å². The molecule has 0 unspecified atom stereocenters. The summed E-state index contributed by atoms with van der Waals surface area (Å²) in [7, 11) is 0. The summed E-state index contributed by atoms with van der Waals surface area (Å²) < 4.78 is 5.38. The molecule has 31 heavy (non-hydrogen) atoms. The van der Waals surface area contributed by atoms with Gasteiger partial charge < -0.3 is 14.7 Å². The zero-order valence-corrected chi connectivity index (χ0v) is 17.1. The summed E-state index contributed by atoms with van der Waals surface area (Å²) >= 11 is 0. The molecule has 0 saturated carbocycles. The van der Waals surface area contributed by atoms with E-state index in [-0.39, 0.29) is 24.2 Å². The van der Waals surface area contributed by atoms with Crippen LogP contribution in [0.5, 0.6) is 0 Å². The van der Waals surface area contributed by atoms with Crippen LogP contribution in [0.4, 0.5) is 0 Å². The Morgan fingerprint density at radius 3 is 2.13 bits per heavy atom. The highest BCUT2D eigenvalue weighted by atomic mass is 16.5. The van der Waals surface area contributed by atoms with Crippen molar-refractivity contribution in [3.05, 3.63) is 78.5 Å². The minimum absolute atomic E-state index is 0.173. The largest absolute Gasteiger partial charge is 0.480 e. The van der Waals surface area contributed by atoms with Gasteiger partial charge in [0.25, 0.3) is 5.91 Å². The third-order valence-electron chi connectivity index (χ3n) is 5.44. The van der Waals surface area contributed by atoms with Gasteiger partial charge in [0, 0.05) is 30.4 Å². The van der Waals surface area contributed by atoms with Crippen LogP contribution in [0, 0.1) is 0 Å². The van der Waals surface area contributed by atoms with Crippen LogP contribution in [-0.2, 0) is 9.53 Å². The van der Waals surface area contributed by atoms with Crippen molar-refractivity contribution in [3.8, 4) is 22.4 Å². The van der Waals surface area contributed by atoms with E-state index in [1.54, 1.807) is 6.07 Å². The molecule has 1 fully saturated rings. The second kappa shape index (κ2) is 9.53. The van der Waals surface area contributed by atoms with E-state index in [0.717, 1.165) is 16.7 Å². The summed E-state index contributed by atoms with van der Waals surface area (Å²) in [4.78, 5) is 31.0. The van der Waals surface area contributed by atoms with Crippen LogP contribution in [0.15, 0.2) is 72.8 Å². The van der Waals surface area contributed by atoms with E-state index in [2.05, 4.69) is 0 Å². The van der Waals surface area contributed by atoms with Crippen molar-refractivity contribution in [2.75, 3.05) is 19.8 Å². The van der Waals surface area contributed by atoms with Gasteiger partial charge in [-0.1, -0.05) is 60.7 Å². The van der Waals surface area contributed by atoms with Crippen LogP contribution in [0.25, 0.3) is 22.4 Å². The van der Waals surface area contributed by atoms with E-state index in [1.165, 1.54) is 4.90 Å². The lowest BCUT2D eigenvalue weighted by atomic mass is 9.98. The van der Waals surface area contributed by atoms with E-state index in [9.17, 15) is 14.7 Å². The SMILES string of the molecule is O=C(O)CN(C(=O)c1ccc(-c2ccccc2)c(-c2ccccc2)n1)C1CCOCC1. The summed E-state index contributed by atoms with van der Waals surface area (Å²) in [6.45, 7) is 0.680. The monoisotopic (exact) mass is 416 g/mol. The van der Waals surface area contributed by atoms with E-state index in [0.29, 0.717) is 31.7 Å². The Morgan fingerprint density at radius 2 is 1.52 bits per heavy atom. The van der Waals surface area contributed by atoms with Gasteiger partial charge in [0.05, 0.1) is 5.69 Å². The van der Waals surface area contributed by atoms with E-state index < -0.39 is 5.97 Å². The highest BCUT2D eigenvalue weighted by molar-refractivity contribution is 5.96. The van der Waals surface area contributed by atoms with Crippen molar-refractivity contribution in [2.45, 2.75) is 18.9 Å². The number of hydrogen-bond donors (Lipinski definition) is 1. The molecule has 0 bridgehead atoms. The van der Waals surface area contributed by atoms with Crippen LogP contribution >= 0.6 is 0 Å². The summed E-state index contributed by atoms with van der Waals surface area (Å²) in [5.74, 6) is -1.41. The van der Waals surface area contributed by atoms with Gasteiger partial charge in [-0.2, -0.15) is 0 Å². The van der Waals surface area contributed by atoms with Crippen molar-refractivity contribution in [3.63, 3.8) is 0 Å². The first kappa shape index (κ1) is 20.8. The molecule has 1 aliphatic heterocycles. The molecule has 4 rings (SSSR count). The molecule has 0 aliphatic carbocycles. The van der Waals surface area contributed by atoms with Gasteiger partial charge in [-0.15, -0.1) is 0 Å². The van der Waals surface area contributed by atoms with Crippen LogP contribution < -0.4 is 0 Å². The normalized spacial score (nSPS) is 14.2. The minimum atomic E-state index is -1.04. The number of nitrogens with zero attached hydrogens (tertiary/aromatic N) is 2. The van der Waals surface area contributed by atoms with Gasteiger partial charge in [0.1, 0.15) is 12.2 Å². The Hall–Kier alpha value is -3.51. The standard InChI is InChI=1S/C25H24N2O4/c28-23(29)17-27(20-13-15-31-16-14-20)25(30)22-12-11-21(18-7-3-1-4-8-18)24(26-22)19-9-5-2-6-10-19/h1-12,20H,13-17H2,(H,28,29). The third-order valence-corrected chi connectivity index (χ3v) is 5.44. The molecule has 0 spiro atoms. The van der Waals surface area contributed by atoms with Gasteiger partial charge in [-0.25, -0.2) is 4.98 Å². The summed E-state index contributed by atoms with van der Waals surface area (Å²) in [6, 6.07) is 23.0. The number of benzene rings is 2. The lowest BCUT2D eigenvalue weighted by molar-refractivity contribution is -0.138. The number of aromatic nitrogens is 1. The molecule has 6 heteroatoms. The van der Waals surface area contributed by atoms with E-state index in [4.69, 9.17) is 9.72 Å². The summed E-state index contributed by atoms with van der Waals surface area (Å²) in [6.07, 6.45) is 1.24. The predicted octanol–water partition coefficient (Wildman–Crippen LogP) is 4.12. The Kier molecular flexibility index (Phi) is 6.38. The predicted molar refractivity (Wildman–Crippen MR) is 118 cm³/mol. The average molecular weight is 416 g/mol. The molecule has 3 aromatic rings. The highest BCUT2D eigenvalue weighted by Gasteiger charge is 2.29. The number of pyridine rings is 1. The van der Waals surface area contributed by atoms with Crippen molar-refractivity contribution in [1.29, 1.82) is 0 Å². The first-order valence-electron chi connectivity index (χ1n) is 10.4. The highest BCUT2D eigenvalue weighted by Crippen LogP contribution is 2.31. The number of rotatable bonds is 6. The van der Waals surface area contributed by atoms with Crippen molar-refractivity contribution >= 4 is 11.9 Å². The lowest BCUT2D eigenvalue weighted by Gasteiger charge is -2.33. The molecule has 6 nitrogen and oxygen atoms in total. The molecule has 0 radical (unpaired) electrons. The average Bonchev–Trinajstić information content (AvgIpc) is 2.83. The maximum atomic E-state index is 13.4. The zero-order valence-electron chi connectivity index (χ0n) is 17.1. The van der Waals surface area contributed by atoms with Crippen molar-refractivity contribution < 1.29 is 19.4 Å². The van der Waals surface area contributed by atoms with Crippen LogP contribution in [0.2, 0.25) is 0 Å². The number of carbonyl (C=O) groups is 2. The third kappa shape index (κ3) is 4.81. The molecule has 2 heterocycles. The fraction of sp³-hybridized carbons (Fsp3) is 0.240. The van der Waals surface area contributed by atoms with Gasteiger partial charge in [-0.3, -0.25) is 9.59 Å².